The van der Waals surface area contributed by atoms with Gasteiger partial charge in [-0.3, -0.25) is 0 Å². The predicted molar refractivity (Wildman–Crippen MR) is 90.1 cm³/mol. The molecule has 1 aromatic heterocycles. The van der Waals surface area contributed by atoms with Crippen molar-refractivity contribution >= 4 is 6.03 Å². The Labute approximate surface area is 141 Å². The first-order valence-electron chi connectivity index (χ1n) is 8.18. The van der Waals surface area contributed by atoms with Crippen LogP contribution in [0.4, 0.5) is 4.79 Å². The number of urea groups is 1. The summed E-state index contributed by atoms with van der Waals surface area (Å²) >= 11 is 0. The Hall–Kier alpha value is -2.74. The molecule has 1 fully saturated rings. The third-order valence-corrected chi connectivity index (χ3v) is 4.76. The van der Waals surface area contributed by atoms with Gasteiger partial charge in [-0.2, -0.15) is 5.26 Å². The summed E-state index contributed by atoms with van der Waals surface area (Å²) in [6.07, 6.45) is 2.82. The van der Waals surface area contributed by atoms with Crippen LogP contribution in [0.1, 0.15) is 47.8 Å². The highest BCUT2D eigenvalue weighted by atomic mass is 16.3. The van der Waals surface area contributed by atoms with Crippen molar-refractivity contribution in [2.45, 2.75) is 44.7 Å². The summed E-state index contributed by atoms with van der Waals surface area (Å²) in [6.45, 7) is 2.29. The van der Waals surface area contributed by atoms with Crippen LogP contribution in [0, 0.1) is 18.3 Å². The Bertz CT molecular complexity index is 758. The lowest BCUT2D eigenvalue weighted by Crippen LogP contribution is -2.41. The molecule has 0 aliphatic heterocycles. The lowest BCUT2D eigenvalue weighted by molar-refractivity contribution is 0.173. The second kappa shape index (κ2) is 6.79. The average molecular weight is 323 g/mol. The Morgan fingerprint density at radius 3 is 2.62 bits per heavy atom. The van der Waals surface area contributed by atoms with Crippen molar-refractivity contribution in [2.75, 3.05) is 0 Å². The van der Waals surface area contributed by atoms with E-state index in [0.29, 0.717) is 18.0 Å². The van der Waals surface area contributed by atoms with Crippen LogP contribution in [0.5, 0.6) is 0 Å². The van der Waals surface area contributed by atoms with Gasteiger partial charge in [-0.25, -0.2) is 4.79 Å². The minimum absolute atomic E-state index is 0.119. The zero-order valence-electron chi connectivity index (χ0n) is 13.7. The van der Waals surface area contributed by atoms with E-state index in [9.17, 15) is 4.79 Å². The molecule has 0 spiro atoms. The fraction of sp³-hybridized carbons (Fsp3) is 0.368. The van der Waals surface area contributed by atoms with Gasteiger partial charge in [0.15, 0.2) is 0 Å². The molecule has 124 valence electrons. The normalized spacial score (nSPS) is 19.8. The molecule has 0 saturated heterocycles. The molecular weight excluding hydrogens is 302 g/mol. The molecule has 3 rings (SSSR count). The number of hydrogen-bond donors (Lipinski definition) is 1. The number of rotatable bonds is 4. The molecule has 2 aromatic rings. The number of nitrogens with zero attached hydrogens (tertiary/aromatic N) is 2. The van der Waals surface area contributed by atoms with Crippen molar-refractivity contribution in [3.63, 3.8) is 0 Å². The number of primary amides is 1. The molecule has 5 heteroatoms. The fourth-order valence-electron chi connectivity index (χ4n) is 3.50. The molecule has 2 amide bonds. The highest BCUT2D eigenvalue weighted by Gasteiger charge is 2.32. The van der Waals surface area contributed by atoms with Gasteiger partial charge in [-0.1, -0.05) is 12.1 Å². The summed E-state index contributed by atoms with van der Waals surface area (Å²) in [4.78, 5) is 13.6. The summed E-state index contributed by atoms with van der Waals surface area (Å²) < 4.78 is 5.58. The highest BCUT2D eigenvalue weighted by Crippen LogP contribution is 2.37. The van der Waals surface area contributed by atoms with E-state index in [1.54, 1.807) is 4.90 Å². The van der Waals surface area contributed by atoms with E-state index in [2.05, 4.69) is 6.07 Å². The summed E-state index contributed by atoms with van der Waals surface area (Å²) in [5, 5.41) is 8.89. The number of nitrogens with two attached hydrogens (primary N) is 1. The van der Waals surface area contributed by atoms with Crippen LogP contribution < -0.4 is 5.73 Å². The van der Waals surface area contributed by atoms with Crippen LogP contribution in [0.2, 0.25) is 0 Å². The number of amides is 2. The maximum absolute atomic E-state index is 11.9. The third-order valence-electron chi connectivity index (χ3n) is 4.76. The molecule has 1 aliphatic rings. The Morgan fingerprint density at radius 2 is 2.04 bits per heavy atom. The molecule has 1 aromatic carbocycles. The molecule has 2 atom stereocenters. The van der Waals surface area contributed by atoms with E-state index in [1.807, 2.05) is 43.3 Å². The van der Waals surface area contributed by atoms with Gasteiger partial charge in [0.05, 0.1) is 18.2 Å². The van der Waals surface area contributed by atoms with Crippen molar-refractivity contribution in [3.8, 4) is 6.07 Å². The second-order valence-electron chi connectivity index (χ2n) is 6.38. The maximum atomic E-state index is 11.9. The predicted octanol–water partition coefficient (Wildman–Crippen LogP) is 3.68. The van der Waals surface area contributed by atoms with Crippen molar-refractivity contribution in [1.82, 2.24) is 4.90 Å². The Kier molecular flexibility index (Phi) is 4.57. The summed E-state index contributed by atoms with van der Waals surface area (Å²) in [5.74, 6) is 1.98. The van der Waals surface area contributed by atoms with Crippen molar-refractivity contribution in [1.29, 1.82) is 5.26 Å². The summed E-state index contributed by atoms with van der Waals surface area (Å²) in [5.41, 5.74) is 7.49. The molecule has 24 heavy (non-hydrogen) atoms. The molecule has 1 heterocycles. The minimum Gasteiger partial charge on any atom is -0.464 e. The lowest BCUT2D eigenvalue weighted by Gasteiger charge is -2.26. The zero-order chi connectivity index (χ0) is 17.1. The summed E-state index contributed by atoms with van der Waals surface area (Å²) in [7, 11) is 0. The van der Waals surface area contributed by atoms with E-state index < -0.39 is 6.03 Å². The van der Waals surface area contributed by atoms with E-state index in [-0.39, 0.29) is 6.04 Å². The summed E-state index contributed by atoms with van der Waals surface area (Å²) in [6, 6.07) is 13.3. The number of carbonyl (C=O) groups excluding carboxylic acids is 1. The van der Waals surface area contributed by atoms with Crippen LogP contribution in [-0.2, 0) is 6.54 Å². The SMILES string of the molecule is Cc1ccc(CN(C(N)=O)C2CC[C@@H](c3ccc(C#N)cc3)C2)o1. The van der Waals surface area contributed by atoms with Gasteiger partial charge in [0, 0.05) is 6.04 Å². The van der Waals surface area contributed by atoms with Gasteiger partial charge < -0.3 is 15.1 Å². The largest absolute Gasteiger partial charge is 0.464 e. The van der Waals surface area contributed by atoms with Gasteiger partial charge in [0.1, 0.15) is 11.5 Å². The second-order valence-corrected chi connectivity index (χ2v) is 6.38. The molecule has 5 nitrogen and oxygen atoms in total. The van der Waals surface area contributed by atoms with Crippen molar-refractivity contribution < 1.29 is 9.21 Å². The smallest absolute Gasteiger partial charge is 0.315 e. The number of furan rings is 1. The molecule has 2 N–H and O–H groups in total. The maximum Gasteiger partial charge on any atom is 0.315 e. The zero-order valence-corrected chi connectivity index (χ0v) is 13.7. The van der Waals surface area contributed by atoms with Crippen LogP contribution in [0.3, 0.4) is 0 Å². The van der Waals surface area contributed by atoms with Crippen LogP contribution in [0.15, 0.2) is 40.8 Å². The van der Waals surface area contributed by atoms with Gasteiger partial charge in [0.2, 0.25) is 0 Å². The van der Waals surface area contributed by atoms with E-state index in [0.717, 1.165) is 30.8 Å². The van der Waals surface area contributed by atoms with Crippen molar-refractivity contribution in [3.05, 3.63) is 59.0 Å². The fourth-order valence-corrected chi connectivity index (χ4v) is 3.50. The first-order valence-corrected chi connectivity index (χ1v) is 8.18. The van der Waals surface area contributed by atoms with Crippen LogP contribution >= 0.6 is 0 Å². The number of aryl methyl sites for hydroxylation is 1. The number of carbonyl (C=O) groups is 1. The molecule has 0 bridgehead atoms. The average Bonchev–Trinajstić information content (AvgIpc) is 3.21. The van der Waals surface area contributed by atoms with Gasteiger partial charge in [0.25, 0.3) is 0 Å². The topological polar surface area (TPSA) is 83.3 Å². The first kappa shape index (κ1) is 16.1. The quantitative estimate of drug-likeness (QED) is 0.931. The monoisotopic (exact) mass is 323 g/mol. The van der Waals surface area contributed by atoms with Gasteiger partial charge >= 0.3 is 6.03 Å². The molecule has 0 radical (unpaired) electrons. The molecular formula is C19H21N3O2. The van der Waals surface area contributed by atoms with Crippen molar-refractivity contribution in [2.24, 2.45) is 5.73 Å². The Balaban J connectivity index is 1.69. The number of benzene rings is 1. The third kappa shape index (κ3) is 3.43. The Morgan fingerprint density at radius 1 is 1.29 bits per heavy atom. The lowest BCUT2D eigenvalue weighted by atomic mass is 9.96. The number of hydrogen-bond acceptors (Lipinski definition) is 3. The standard InChI is InChI=1S/C19H21N3O2/c1-13-2-9-18(24-13)12-22(19(21)23)17-8-7-16(10-17)15-5-3-14(11-20)4-6-15/h2-6,9,16-17H,7-8,10,12H2,1H3,(H2,21,23)/t16-,17?/m1/s1. The minimum atomic E-state index is -0.408. The van der Waals surface area contributed by atoms with Crippen LogP contribution in [-0.4, -0.2) is 17.0 Å². The highest BCUT2D eigenvalue weighted by molar-refractivity contribution is 5.72. The molecule has 1 unspecified atom stereocenters. The first-order chi connectivity index (χ1) is 11.6. The van der Waals surface area contributed by atoms with E-state index in [1.165, 1.54) is 5.56 Å². The van der Waals surface area contributed by atoms with E-state index >= 15 is 0 Å². The van der Waals surface area contributed by atoms with E-state index in [4.69, 9.17) is 15.4 Å². The van der Waals surface area contributed by atoms with Gasteiger partial charge in [-0.15, -0.1) is 0 Å². The van der Waals surface area contributed by atoms with Gasteiger partial charge in [-0.05, 0) is 61.9 Å². The van der Waals surface area contributed by atoms with Crippen LogP contribution in [0.25, 0.3) is 0 Å². The molecule has 1 saturated carbocycles. The molecule has 1 aliphatic carbocycles. The number of nitriles is 1.